The van der Waals surface area contributed by atoms with Crippen LogP contribution in [0.3, 0.4) is 0 Å². The lowest BCUT2D eigenvalue weighted by Crippen LogP contribution is -2.33. The van der Waals surface area contributed by atoms with E-state index in [1.165, 1.54) is 34.5 Å². The van der Waals surface area contributed by atoms with E-state index in [2.05, 4.69) is 4.98 Å². The molecule has 0 aliphatic carbocycles. The molecule has 1 aliphatic rings. The van der Waals surface area contributed by atoms with Gasteiger partial charge in [0.15, 0.2) is 0 Å². The lowest BCUT2D eigenvalue weighted by molar-refractivity contribution is -0.384. The van der Waals surface area contributed by atoms with Crippen LogP contribution in [0.15, 0.2) is 29.6 Å². The molecule has 2 heterocycles. The van der Waals surface area contributed by atoms with Crippen LogP contribution < -0.4 is 5.73 Å². The summed E-state index contributed by atoms with van der Waals surface area (Å²) in [5.74, 6) is -0.725. The summed E-state index contributed by atoms with van der Waals surface area (Å²) in [5, 5.41) is 12.6. The summed E-state index contributed by atoms with van der Waals surface area (Å²) >= 11 is 1.10. The van der Waals surface area contributed by atoms with Crippen LogP contribution in [-0.2, 0) is 25.6 Å². The van der Waals surface area contributed by atoms with E-state index in [9.17, 15) is 28.1 Å². The van der Waals surface area contributed by atoms with E-state index in [4.69, 9.17) is 14.7 Å². The van der Waals surface area contributed by atoms with Crippen LogP contribution in [-0.4, -0.2) is 54.1 Å². The molecular weight excluding hydrogens is 452 g/mol. The van der Waals surface area contributed by atoms with Gasteiger partial charge < -0.3 is 10.5 Å². The van der Waals surface area contributed by atoms with E-state index >= 15 is 0 Å². The van der Waals surface area contributed by atoms with Gasteiger partial charge in [-0.3, -0.25) is 24.0 Å². The molecular formula is C17H18N4O8S2. The van der Waals surface area contributed by atoms with Crippen LogP contribution in [0.5, 0.6) is 0 Å². The molecule has 2 atom stereocenters. The largest absolute Gasteiger partial charge is 0.445 e. The summed E-state index contributed by atoms with van der Waals surface area (Å²) in [5.41, 5.74) is 5.70. The predicted molar refractivity (Wildman–Crippen MR) is 108 cm³/mol. The number of carbonyl (C=O) groups excluding carboxylic acids is 2. The zero-order chi connectivity index (χ0) is 22.8. The van der Waals surface area contributed by atoms with E-state index in [1.807, 2.05) is 0 Å². The van der Waals surface area contributed by atoms with Gasteiger partial charge in [0.1, 0.15) is 17.3 Å². The molecule has 1 fully saturated rings. The Morgan fingerprint density at radius 2 is 2.03 bits per heavy atom. The Hall–Kier alpha value is -3.10. The number of rotatable bonds is 7. The first kappa shape index (κ1) is 22.6. The molecule has 1 aromatic carbocycles. The van der Waals surface area contributed by atoms with Gasteiger partial charge in [0.2, 0.25) is 0 Å². The van der Waals surface area contributed by atoms with Crippen molar-refractivity contribution >= 4 is 39.1 Å². The van der Waals surface area contributed by atoms with Crippen molar-refractivity contribution in [3.8, 4) is 0 Å². The molecule has 14 heteroatoms. The van der Waals surface area contributed by atoms with Gasteiger partial charge in [-0.1, -0.05) is 0 Å². The summed E-state index contributed by atoms with van der Waals surface area (Å²) in [4.78, 5) is 39.6. The zero-order valence-electron chi connectivity index (χ0n) is 16.2. The smallest absolute Gasteiger partial charge is 0.410 e. The molecule has 12 nitrogen and oxygen atoms in total. The number of aromatic nitrogens is 1. The van der Waals surface area contributed by atoms with Crippen LogP contribution in [0.2, 0.25) is 0 Å². The third-order valence-electron chi connectivity index (χ3n) is 4.38. The minimum absolute atomic E-state index is 0.0340. The minimum atomic E-state index is -3.76. The van der Waals surface area contributed by atoms with Gasteiger partial charge in [-0.15, -0.1) is 11.3 Å². The molecule has 166 valence electrons. The van der Waals surface area contributed by atoms with Crippen molar-refractivity contribution in [2.45, 2.75) is 25.2 Å². The molecule has 0 unspecified atom stereocenters. The Morgan fingerprint density at radius 1 is 1.35 bits per heavy atom. The predicted octanol–water partition coefficient (Wildman–Crippen LogP) is 1.58. The quantitative estimate of drug-likeness (QED) is 0.358. The maximum Gasteiger partial charge on any atom is 0.410 e. The number of carbonyl (C=O) groups is 2. The number of hydrogen-bond acceptors (Lipinski definition) is 10. The molecule has 31 heavy (non-hydrogen) atoms. The summed E-state index contributed by atoms with van der Waals surface area (Å²) in [6.45, 7) is -0.218. The Morgan fingerprint density at radius 3 is 2.58 bits per heavy atom. The van der Waals surface area contributed by atoms with Gasteiger partial charge in [0.25, 0.3) is 21.7 Å². The number of likely N-dealkylation sites (tertiary alicyclic amines) is 1. The fourth-order valence-corrected chi connectivity index (χ4v) is 4.61. The van der Waals surface area contributed by atoms with E-state index < -0.39 is 39.2 Å². The van der Waals surface area contributed by atoms with E-state index in [-0.39, 0.29) is 31.0 Å². The maximum absolute atomic E-state index is 12.7. The van der Waals surface area contributed by atoms with Crippen molar-refractivity contribution in [3.05, 3.63) is 56.0 Å². The van der Waals surface area contributed by atoms with Gasteiger partial charge in [-0.05, 0) is 17.7 Å². The molecule has 2 amide bonds. The van der Waals surface area contributed by atoms with Crippen molar-refractivity contribution in [1.82, 2.24) is 9.88 Å². The molecule has 2 N–H and O–H groups in total. The van der Waals surface area contributed by atoms with Crippen LogP contribution in [0.25, 0.3) is 0 Å². The van der Waals surface area contributed by atoms with Crippen LogP contribution >= 0.6 is 11.3 Å². The van der Waals surface area contributed by atoms with Crippen LogP contribution in [0.1, 0.15) is 33.5 Å². The van der Waals surface area contributed by atoms with Gasteiger partial charge in [0, 0.05) is 23.9 Å². The minimum Gasteiger partial charge on any atom is -0.445 e. The second-order valence-corrected chi connectivity index (χ2v) is 9.23. The van der Waals surface area contributed by atoms with Gasteiger partial charge in [0.05, 0.1) is 29.9 Å². The Bertz CT molecular complexity index is 1100. The summed E-state index contributed by atoms with van der Waals surface area (Å²) in [6.07, 6.45) is -0.524. The Labute approximate surface area is 180 Å². The Kier molecular flexibility index (Phi) is 6.52. The van der Waals surface area contributed by atoms with Crippen molar-refractivity contribution in [2.75, 3.05) is 12.8 Å². The van der Waals surface area contributed by atoms with Crippen molar-refractivity contribution < 1.29 is 31.9 Å². The second kappa shape index (κ2) is 8.95. The number of non-ortho nitro benzene ring substituents is 1. The van der Waals surface area contributed by atoms with Gasteiger partial charge >= 0.3 is 6.09 Å². The Balaban J connectivity index is 1.74. The number of nitro groups is 1. The number of benzene rings is 1. The molecule has 1 aromatic heterocycles. The number of thiazole rings is 1. The van der Waals surface area contributed by atoms with Gasteiger partial charge in [-0.25, -0.2) is 9.78 Å². The van der Waals surface area contributed by atoms with Crippen molar-refractivity contribution in [2.24, 2.45) is 5.73 Å². The molecule has 1 aliphatic heterocycles. The maximum atomic E-state index is 12.7. The number of nitrogens with two attached hydrogens (primary N) is 1. The highest BCUT2D eigenvalue weighted by atomic mass is 32.2. The summed E-state index contributed by atoms with van der Waals surface area (Å²) in [7, 11) is -3.76. The highest BCUT2D eigenvalue weighted by molar-refractivity contribution is 7.86. The molecule has 0 spiro atoms. The fraction of sp³-hybridized carbons (Fsp3) is 0.353. The van der Waals surface area contributed by atoms with E-state index in [0.717, 1.165) is 17.6 Å². The normalized spacial score (nSPS) is 18.7. The first-order chi connectivity index (χ1) is 14.5. The van der Waals surface area contributed by atoms with Crippen LogP contribution in [0.4, 0.5) is 10.5 Å². The number of ether oxygens (including phenoxy) is 1. The first-order valence-corrected chi connectivity index (χ1v) is 11.5. The average molecular weight is 470 g/mol. The van der Waals surface area contributed by atoms with Crippen molar-refractivity contribution in [1.29, 1.82) is 0 Å². The van der Waals surface area contributed by atoms with Crippen molar-refractivity contribution in [3.63, 3.8) is 0 Å². The monoisotopic (exact) mass is 470 g/mol. The summed E-state index contributed by atoms with van der Waals surface area (Å²) in [6, 6.07) is 4.83. The number of primary amides is 1. The van der Waals surface area contributed by atoms with E-state index in [1.54, 1.807) is 0 Å². The highest BCUT2D eigenvalue weighted by Crippen LogP contribution is 2.36. The molecule has 3 rings (SSSR count). The average Bonchev–Trinajstić information content (AvgIpc) is 3.32. The zero-order valence-corrected chi connectivity index (χ0v) is 17.8. The SMILES string of the molecule is CS(=O)(=O)O[C@@H]1C[C@@H](c2nc(C(N)=O)cs2)N(C(=O)OCc2ccc([N+](=O)[O-])cc2)C1. The first-order valence-electron chi connectivity index (χ1n) is 8.83. The van der Waals surface area contributed by atoms with E-state index in [0.29, 0.717) is 10.6 Å². The third kappa shape index (κ3) is 5.74. The fourth-order valence-electron chi connectivity index (χ4n) is 3.05. The topological polar surface area (TPSA) is 172 Å². The molecule has 0 radical (unpaired) electrons. The number of hydrogen-bond donors (Lipinski definition) is 1. The highest BCUT2D eigenvalue weighted by Gasteiger charge is 2.41. The summed E-state index contributed by atoms with van der Waals surface area (Å²) < 4.78 is 33.3. The number of amides is 2. The lowest BCUT2D eigenvalue weighted by Gasteiger charge is -2.22. The number of nitro benzene ring substituents is 1. The second-order valence-electron chi connectivity index (χ2n) is 6.74. The lowest BCUT2D eigenvalue weighted by atomic mass is 10.2. The molecule has 0 saturated carbocycles. The van der Waals surface area contributed by atoms with Gasteiger partial charge in [-0.2, -0.15) is 8.42 Å². The van der Waals surface area contributed by atoms with Crippen LogP contribution in [0, 0.1) is 10.1 Å². The standard InChI is InChI=1S/C17H18N4O8S2/c1-31(26,27)29-12-6-14(16-19-13(9-30-16)15(18)22)20(7-12)17(23)28-8-10-2-4-11(5-3-10)21(24)25/h2-5,9,12,14H,6-8H2,1H3,(H2,18,22)/t12-,14+/m1/s1. The number of nitrogens with zero attached hydrogens (tertiary/aromatic N) is 3. The third-order valence-corrected chi connectivity index (χ3v) is 5.94. The molecule has 0 bridgehead atoms. The molecule has 2 aromatic rings. The molecule has 1 saturated heterocycles.